The van der Waals surface area contributed by atoms with Gasteiger partial charge < -0.3 is 9.84 Å². The first-order valence-electron chi connectivity index (χ1n) is 7.47. The molecule has 1 aromatic carbocycles. The van der Waals surface area contributed by atoms with E-state index in [2.05, 4.69) is 19.1 Å². The van der Waals surface area contributed by atoms with Gasteiger partial charge in [-0.05, 0) is 63.1 Å². The fraction of sp³-hybridized carbons (Fsp3) is 0.588. The van der Waals surface area contributed by atoms with E-state index in [1.54, 1.807) is 0 Å². The maximum Gasteiger partial charge on any atom is 0.309 e. The lowest BCUT2D eigenvalue weighted by Crippen LogP contribution is -2.48. The first-order valence-corrected chi connectivity index (χ1v) is 7.47. The van der Waals surface area contributed by atoms with Crippen LogP contribution in [0.5, 0.6) is 5.75 Å². The summed E-state index contributed by atoms with van der Waals surface area (Å²) in [6, 6.07) is 8.13. The summed E-state index contributed by atoms with van der Waals surface area (Å²) in [6.45, 7) is 2.79. The molecule has 0 radical (unpaired) electrons. The minimum Gasteiger partial charge on any atom is -0.493 e. The highest BCUT2D eigenvalue weighted by Crippen LogP contribution is 2.57. The number of hydrogen-bond acceptors (Lipinski definition) is 2. The van der Waals surface area contributed by atoms with Gasteiger partial charge in [-0.25, -0.2) is 0 Å². The van der Waals surface area contributed by atoms with E-state index < -0.39 is 11.4 Å². The lowest BCUT2D eigenvalue weighted by atomic mass is 9.54. The Kier molecular flexibility index (Phi) is 3.23. The van der Waals surface area contributed by atoms with Gasteiger partial charge in [0.15, 0.2) is 0 Å². The molecule has 1 aromatic rings. The smallest absolute Gasteiger partial charge is 0.309 e. The quantitative estimate of drug-likeness (QED) is 0.908. The van der Waals surface area contributed by atoms with Gasteiger partial charge in [-0.15, -0.1) is 0 Å². The van der Waals surface area contributed by atoms with E-state index in [9.17, 15) is 9.90 Å². The lowest BCUT2D eigenvalue weighted by molar-refractivity contribution is -0.160. The van der Waals surface area contributed by atoms with Crippen molar-refractivity contribution in [3.63, 3.8) is 0 Å². The molecule has 2 bridgehead atoms. The molecule has 3 saturated carbocycles. The van der Waals surface area contributed by atoms with Crippen LogP contribution in [0.15, 0.2) is 24.3 Å². The van der Waals surface area contributed by atoms with Crippen LogP contribution >= 0.6 is 0 Å². The van der Waals surface area contributed by atoms with Crippen molar-refractivity contribution < 1.29 is 14.6 Å². The number of hydrogen-bond donors (Lipinski definition) is 1. The van der Waals surface area contributed by atoms with Gasteiger partial charge in [0.05, 0.1) is 12.0 Å². The van der Waals surface area contributed by atoms with E-state index in [0.717, 1.165) is 50.9 Å². The molecule has 0 aromatic heterocycles. The SMILES string of the molecule is Cc1cccc(OCC23CCC(C(=O)O)(CC2)CC3)c1. The average Bonchev–Trinajstić information content (AvgIpc) is 2.47. The van der Waals surface area contributed by atoms with Gasteiger partial charge in [0, 0.05) is 5.41 Å². The third-order valence-corrected chi connectivity index (χ3v) is 5.39. The largest absolute Gasteiger partial charge is 0.493 e. The zero-order valence-electron chi connectivity index (χ0n) is 12.0. The Hall–Kier alpha value is -1.51. The van der Waals surface area contributed by atoms with Crippen LogP contribution in [0, 0.1) is 17.8 Å². The first kappa shape index (κ1) is 13.5. The van der Waals surface area contributed by atoms with Crippen molar-refractivity contribution >= 4 is 5.97 Å². The molecule has 3 nitrogen and oxygen atoms in total. The van der Waals surface area contributed by atoms with Crippen LogP contribution in [0.3, 0.4) is 0 Å². The third-order valence-electron chi connectivity index (χ3n) is 5.39. The molecule has 0 unspecified atom stereocenters. The second-order valence-electron chi connectivity index (χ2n) is 6.69. The maximum absolute atomic E-state index is 11.4. The number of ether oxygens (including phenoxy) is 1. The summed E-state index contributed by atoms with van der Waals surface area (Å²) >= 11 is 0. The van der Waals surface area contributed by atoms with Crippen molar-refractivity contribution in [2.75, 3.05) is 6.61 Å². The lowest BCUT2D eigenvalue weighted by Gasteiger charge is -2.51. The average molecular weight is 274 g/mol. The molecule has 1 N–H and O–H groups in total. The third kappa shape index (κ3) is 2.30. The zero-order chi connectivity index (χ0) is 14.2. The van der Waals surface area contributed by atoms with Crippen LogP contribution in [0.4, 0.5) is 0 Å². The van der Waals surface area contributed by atoms with Crippen molar-refractivity contribution in [2.45, 2.75) is 45.4 Å². The molecule has 108 valence electrons. The van der Waals surface area contributed by atoms with Crippen molar-refractivity contribution in [3.05, 3.63) is 29.8 Å². The minimum absolute atomic E-state index is 0.209. The Bertz CT molecular complexity index is 496. The predicted octanol–water partition coefficient (Wildman–Crippen LogP) is 3.80. The highest BCUT2D eigenvalue weighted by Gasteiger charge is 2.52. The summed E-state index contributed by atoms with van der Waals surface area (Å²) in [4.78, 5) is 11.4. The summed E-state index contributed by atoms with van der Waals surface area (Å²) in [5.74, 6) is 0.338. The maximum atomic E-state index is 11.4. The topological polar surface area (TPSA) is 46.5 Å². The molecule has 20 heavy (non-hydrogen) atoms. The molecule has 4 rings (SSSR count). The number of fused-ring (bicyclic) bond motifs is 3. The monoisotopic (exact) mass is 274 g/mol. The number of aliphatic carboxylic acids is 1. The van der Waals surface area contributed by atoms with Crippen molar-refractivity contribution in [3.8, 4) is 5.75 Å². The molecule has 0 saturated heterocycles. The molecule has 3 aliphatic rings. The highest BCUT2D eigenvalue weighted by molar-refractivity contribution is 5.75. The Morgan fingerprint density at radius 3 is 2.40 bits per heavy atom. The summed E-state index contributed by atoms with van der Waals surface area (Å²) in [7, 11) is 0. The molecular weight excluding hydrogens is 252 g/mol. The van der Waals surface area contributed by atoms with Crippen LogP contribution in [0.1, 0.15) is 44.1 Å². The van der Waals surface area contributed by atoms with E-state index in [1.807, 2.05) is 12.1 Å². The van der Waals surface area contributed by atoms with Gasteiger partial charge in [0.2, 0.25) is 0 Å². The molecule has 0 amide bonds. The molecular formula is C17H22O3. The standard InChI is InChI=1S/C17H22O3/c1-13-3-2-4-14(11-13)20-12-16-5-8-17(9-6-16,10-7-16)15(18)19/h2-4,11H,5-10,12H2,1H3,(H,18,19). The normalized spacial score (nSPS) is 32.0. The number of carboxylic acid groups (broad SMARTS) is 1. The second-order valence-corrected chi connectivity index (χ2v) is 6.69. The van der Waals surface area contributed by atoms with Gasteiger partial charge >= 0.3 is 5.97 Å². The van der Waals surface area contributed by atoms with Crippen LogP contribution in [0.2, 0.25) is 0 Å². The number of carbonyl (C=O) groups is 1. The second kappa shape index (κ2) is 4.80. The van der Waals surface area contributed by atoms with Gasteiger partial charge in [0.25, 0.3) is 0 Å². The van der Waals surface area contributed by atoms with Gasteiger partial charge in [0.1, 0.15) is 5.75 Å². The van der Waals surface area contributed by atoms with Crippen molar-refractivity contribution in [1.82, 2.24) is 0 Å². The van der Waals surface area contributed by atoms with Crippen LogP contribution < -0.4 is 4.74 Å². The molecule has 0 heterocycles. The molecule has 0 aliphatic heterocycles. The predicted molar refractivity (Wildman–Crippen MR) is 76.9 cm³/mol. The van der Waals surface area contributed by atoms with E-state index in [0.29, 0.717) is 0 Å². The van der Waals surface area contributed by atoms with Crippen LogP contribution in [-0.4, -0.2) is 17.7 Å². The number of rotatable bonds is 4. The Morgan fingerprint density at radius 2 is 1.85 bits per heavy atom. The van der Waals surface area contributed by atoms with E-state index in [-0.39, 0.29) is 5.41 Å². The van der Waals surface area contributed by atoms with E-state index >= 15 is 0 Å². The highest BCUT2D eigenvalue weighted by atomic mass is 16.5. The number of benzene rings is 1. The summed E-state index contributed by atoms with van der Waals surface area (Å²) in [6.07, 6.45) is 5.43. The molecule has 3 fully saturated rings. The van der Waals surface area contributed by atoms with E-state index in [1.165, 1.54) is 5.56 Å². The number of aryl methyl sites for hydroxylation is 1. The van der Waals surface area contributed by atoms with Crippen molar-refractivity contribution in [1.29, 1.82) is 0 Å². The summed E-state index contributed by atoms with van der Waals surface area (Å²) in [5, 5.41) is 9.40. The molecule has 3 heteroatoms. The number of carboxylic acids is 1. The Labute approximate surface area is 120 Å². The van der Waals surface area contributed by atoms with Crippen molar-refractivity contribution in [2.24, 2.45) is 10.8 Å². The fourth-order valence-electron chi connectivity index (χ4n) is 3.74. The van der Waals surface area contributed by atoms with E-state index in [4.69, 9.17) is 4.74 Å². The Balaban J connectivity index is 1.64. The molecule has 0 spiro atoms. The van der Waals surface area contributed by atoms with Crippen LogP contribution in [0.25, 0.3) is 0 Å². The van der Waals surface area contributed by atoms with Gasteiger partial charge in [-0.1, -0.05) is 12.1 Å². The van der Waals surface area contributed by atoms with Gasteiger partial charge in [-0.3, -0.25) is 4.79 Å². The molecule has 0 atom stereocenters. The summed E-state index contributed by atoms with van der Waals surface area (Å²) in [5.41, 5.74) is 0.989. The van der Waals surface area contributed by atoms with Crippen LogP contribution in [-0.2, 0) is 4.79 Å². The molecule has 3 aliphatic carbocycles. The van der Waals surface area contributed by atoms with Gasteiger partial charge in [-0.2, -0.15) is 0 Å². The zero-order valence-corrected chi connectivity index (χ0v) is 12.0. The first-order chi connectivity index (χ1) is 9.54. The Morgan fingerprint density at radius 1 is 1.20 bits per heavy atom. The minimum atomic E-state index is -0.592. The summed E-state index contributed by atoms with van der Waals surface area (Å²) < 4.78 is 5.99. The fourth-order valence-corrected chi connectivity index (χ4v) is 3.74.